The molecule has 1 aromatic carbocycles. The van der Waals surface area contributed by atoms with Gasteiger partial charge in [0.05, 0.1) is 22.0 Å². The van der Waals surface area contributed by atoms with Crippen molar-refractivity contribution in [2.45, 2.75) is 38.6 Å². The quantitative estimate of drug-likeness (QED) is 0.593. The average Bonchev–Trinajstić information content (AvgIpc) is 2.77. The Morgan fingerprint density at radius 1 is 1.32 bits per heavy atom. The lowest BCUT2D eigenvalue weighted by Crippen LogP contribution is -2.23. The number of carboxylic acid groups (broad SMARTS) is 1. The van der Waals surface area contributed by atoms with E-state index >= 15 is 0 Å². The highest BCUT2D eigenvalue weighted by molar-refractivity contribution is 6.30. The van der Waals surface area contributed by atoms with Crippen LogP contribution in [0.25, 0.3) is 16.5 Å². The van der Waals surface area contributed by atoms with Crippen LogP contribution >= 0.6 is 11.6 Å². The highest BCUT2D eigenvalue weighted by Gasteiger charge is 2.20. The summed E-state index contributed by atoms with van der Waals surface area (Å²) in [5.41, 5.74) is 2.38. The minimum Gasteiger partial charge on any atom is -0.478 e. The molecule has 0 amide bonds. The summed E-state index contributed by atoms with van der Waals surface area (Å²) in [6.07, 6.45) is 7.68. The van der Waals surface area contributed by atoms with Crippen LogP contribution in [0, 0.1) is 0 Å². The number of rotatable bonds is 5. The molecular weight excluding hydrogens is 416 g/mol. The van der Waals surface area contributed by atoms with Gasteiger partial charge < -0.3 is 10.4 Å². The molecule has 1 aliphatic carbocycles. The molecule has 1 aliphatic rings. The molecule has 7 nitrogen and oxygen atoms in total. The van der Waals surface area contributed by atoms with E-state index in [2.05, 4.69) is 16.4 Å². The van der Waals surface area contributed by atoms with Crippen LogP contribution in [0.5, 0.6) is 0 Å². The summed E-state index contributed by atoms with van der Waals surface area (Å²) in [5.74, 6) is -0.228. The third-order valence-electron chi connectivity index (χ3n) is 5.62. The number of carbonyl (C=O) groups is 1. The molecule has 0 spiro atoms. The Kier molecular flexibility index (Phi) is 5.78. The van der Waals surface area contributed by atoms with Crippen molar-refractivity contribution < 1.29 is 9.90 Å². The molecule has 0 bridgehead atoms. The third kappa shape index (κ3) is 4.05. The topological polar surface area (TPSA) is 97.1 Å². The summed E-state index contributed by atoms with van der Waals surface area (Å²) in [5, 5.41) is 13.4. The van der Waals surface area contributed by atoms with E-state index in [0.717, 1.165) is 36.8 Å². The van der Waals surface area contributed by atoms with Crippen molar-refractivity contribution >= 4 is 39.9 Å². The Balaban J connectivity index is 1.81. The molecule has 0 fully saturated rings. The Labute approximate surface area is 184 Å². The minimum atomic E-state index is -1.12. The molecule has 3 aromatic rings. The van der Waals surface area contributed by atoms with Gasteiger partial charge in [-0.1, -0.05) is 29.8 Å². The molecular formula is C23H23ClN4O3. The van der Waals surface area contributed by atoms with E-state index in [1.54, 1.807) is 17.7 Å². The van der Waals surface area contributed by atoms with Gasteiger partial charge in [-0.15, -0.1) is 0 Å². The van der Waals surface area contributed by atoms with Crippen molar-refractivity contribution in [3.05, 3.63) is 68.9 Å². The molecule has 31 heavy (non-hydrogen) atoms. The molecule has 2 heterocycles. The number of nitrogens with one attached hydrogen (secondary N) is 1. The molecule has 0 saturated heterocycles. The van der Waals surface area contributed by atoms with E-state index in [0.29, 0.717) is 16.7 Å². The smallest absolute Gasteiger partial charge is 0.339 e. The van der Waals surface area contributed by atoms with Gasteiger partial charge in [0.15, 0.2) is 0 Å². The monoisotopic (exact) mass is 438 g/mol. The fourth-order valence-electron chi connectivity index (χ4n) is 3.99. The van der Waals surface area contributed by atoms with Crippen LogP contribution in [0.3, 0.4) is 0 Å². The first kappa shape index (κ1) is 21.1. The fourth-order valence-corrected chi connectivity index (χ4v) is 4.15. The molecule has 160 valence electrons. The van der Waals surface area contributed by atoms with Crippen molar-refractivity contribution in [2.24, 2.45) is 7.05 Å². The second-order valence-electron chi connectivity index (χ2n) is 7.74. The lowest BCUT2D eigenvalue weighted by molar-refractivity contribution is 0.0697. The summed E-state index contributed by atoms with van der Waals surface area (Å²) in [6.45, 7) is 1.88. The van der Waals surface area contributed by atoms with E-state index in [9.17, 15) is 14.7 Å². The van der Waals surface area contributed by atoms with Crippen LogP contribution in [0.2, 0.25) is 5.02 Å². The Morgan fingerprint density at radius 3 is 2.84 bits per heavy atom. The number of anilines is 1. The number of allylic oxidation sites excluding steroid dienone is 2. The van der Waals surface area contributed by atoms with Gasteiger partial charge in [0.2, 0.25) is 0 Å². The number of para-hydroxylation sites is 1. The Bertz CT molecular complexity index is 1270. The van der Waals surface area contributed by atoms with Crippen LogP contribution in [0.1, 0.15) is 60.4 Å². The van der Waals surface area contributed by atoms with Crippen LogP contribution in [-0.2, 0) is 7.05 Å². The van der Waals surface area contributed by atoms with E-state index in [1.165, 1.54) is 12.3 Å². The van der Waals surface area contributed by atoms with Crippen molar-refractivity contribution in [3.8, 4) is 0 Å². The number of carboxylic acids is 1. The molecule has 0 radical (unpaired) electrons. The number of hydrogen-bond donors (Lipinski definition) is 2. The summed E-state index contributed by atoms with van der Waals surface area (Å²) in [6, 6.07) is 6.48. The van der Waals surface area contributed by atoms with Gasteiger partial charge in [-0.3, -0.25) is 9.36 Å². The van der Waals surface area contributed by atoms with Crippen LogP contribution in [-0.4, -0.2) is 25.6 Å². The largest absolute Gasteiger partial charge is 0.478 e. The Morgan fingerprint density at radius 2 is 2.13 bits per heavy atom. The maximum atomic E-state index is 13.1. The zero-order valence-corrected chi connectivity index (χ0v) is 18.1. The first-order valence-corrected chi connectivity index (χ1v) is 10.6. The van der Waals surface area contributed by atoms with E-state index in [-0.39, 0.29) is 28.0 Å². The van der Waals surface area contributed by atoms with Crippen LogP contribution in [0.15, 0.2) is 41.3 Å². The molecule has 4 rings (SSSR count). The average molecular weight is 439 g/mol. The molecule has 0 saturated carbocycles. The predicted molar refractivity (Wildman–Crippen MR) is 122 cm³/mol. The van der Waals surface area contributed by atoms with Crippen molar-refractivity contribution in [3.63, 3.8) is 0 Å². The number of aromatic nitrogens is 3. The van der Waals surface area contributed by atoms with Gasteiger partial charge in [-0.2, -0.15) is 0 Å². The first-order valence-electron chi connectivity index (χ1n) is 10.2. The molecule has 0 unspecified atom stereocenters. The Hall–Kier alpha value is -3.19. The van der Waals surface area contributed by atoms with Crippen molar-refractivity contribution in [1.82, 2.24) is 14.5 Å². The van der Waals surface area contributed by atoms with Crippen molar-refractivity contribution in [1.29, 1.82) is 0 Å². The first-order chi connectivity index (χ1) is 14.9. The molecule has 0 aliphatic heterocycles. The summed E-state index contributed by atoms with van der Waals surface area (Å²) >= 11 is 5.91. The second-order valence-corrected chi connectivity index (χ2v) is 8.18. The number of hydrogen-bond acceptors (Lipinski definition) is 5. The maximum Gasteiger partial charge on any atom is 0.339 e. The zero-order chi connectivity index (χ0) is 22.1. The van der Waals surface area contributed by atoms with Gasteiger partial charge in [0, 0.05) is 18.8 Å². The summed E-state index contributed by atoms with van der Waals surface area (Å²) in [7, 11) is 1.75. The SMILES string of the molecule is C[C@@H](Nc1ncc(Cl)cc1C(=O)O)c1cccc2c(=O)n(C)c(C3=CCCCC3)nc12. The van der Waals surface area contributed by atoms with Crippen molar-refractivity contribution in [2.75, 3.05) is 5.32 Å². The van der Waals surface area contributed by atoms with Gasteiger partial charge in [0.25, 0.3) is 5.56 Å². The number of fused-ring (bicyclic) bond motifs is 1. The second kappa shape index (κ2) is 8.51. The van der Waals surface area contributed by atoms with Gasteiger partial charge in [-0.05, 0) is 50.3 Å². The van der Waals surface area contributed by atoms with Crippen LogP contribution in [0.4, 0.5) is 5.82 Å². The number of aromatic carboxylic acids is 1. The fraction of sp³-hybridized carbons (Fsp3) is 0.304. The number of nitrogens with zero attached hydrogens (tertiary/aromatic N) is 3. The predicted octanol–water partition coefficient (Wildman–Crippen LogP) is 4.81. The number of pyridine rings is 1. The highest BCUT2D eigenvalue weighted by Crippen LogP contribution is 2.29. The minimum absolute atomic E-state index is 0.0171. The zero-order valence-electron chi connectivity index (χ0n) is 17.4. The maximum absolute atomic E-state index is 13.1. The summed E-state index contributed by atoms with van der Waals surface area (Å²) < 4.78 is 1.62. The number of halogens is 1. The van der Waals surface area contributed by atoms with E-state index in [1.807, 2.05) is 19.1 Å². The summed E-state index contributed by atoms with van der Waals surface area (Å²) in [4.78, 5) is 33.7. The molecule has 2 N–H and O–H groups in total. The third-order valence-corrected chi connectivity index (χ3v) is 5.83. The molecule has 1 atom stereocenters. The standard InChI is InChI=1S/C23H23ClN4O3/c1-13(26-20-18(23(30)31)11-15(24)12-25-20)16-9-6-10-17-19(16)27-21(28(2)22(17)29)14-7-4-3-5-8-14/h6-7,9-13H,3-5,8H2,1-2H3,(H,25,26)(H,30,31)/t13-/m1/s1. The lowest BCUT2D eigenvalue weighted by Gasteiger charge is -2.20. The van der Waals surface area contributed by atoms with E-state index in [4.69, 9.17) is 16.6 Å². The molecule has 2 aromatic heterocycles. The van der Waals surface area contributed by atoms with Gasteiger partial charge >= 0.3 is 5.97 Å². The van der Waals surface area contributed by atoms with Gasteiger partial charge in [-0.25, -0.2) is 14.8 Å². The lowest BCUT2D eigenvalue weighted by atomic mass is 9.98. The van der Waals surface area contributed by atoms with Crippen LogP contribution < -0.4 is 10.9 Å². The molecule has 8 heteroatoms. The number of benzene rings is 1. The van der Waals surface area contributed by atoms with Gasteiger partial charge in [0.1, 0.15) is 17.2 Å². The normalized spacial score (nSPS) is 14.9. The highest BCUT2D eigenvalue weighted by atomic mass is 35.5. The van der Waals surface area contributed by atoms with E-state index < -0.39 is 5.97 Å².